The fourth-order valence-electron chi connectivity index (χ4n) is 1.03. The van der Waals surface area contributed by atoms with Crippen LogP contribution in [0, 0.1) is 0 Å². The number of nitrogens with one attached hydrogen (secondary N) is 1. The van der Waals surface area contributed by atoms with Crippen LogP contribution >= 0.6 is 0 Å². The predicted molar refractivity (Wildman–Crippen MR) is 45.3 cm³/mol. The zero-order valence-corrected chi connectivity index (χ0v) is 5.91. The molecule has 0 spiro atoms. The van der Waals surface area contributed by atoms with Gasteiger partial charge in [0.2, 0.25) is 0 Å². The van der Waals surface area contributed by atoms with Crippen molar-refractivity contribution in [3.8, 4) is 0 Å². The molecule has 54 valence electrons. The minimum absolute atomic E-state index is 0.874. The van der Waals surface area contributed by atoms with E-state index in [0.29, 0.717) is 0 Å². The van der Waals surface area contributed by atoms with Gasteiger partial charge in [-0.05, 0) is 24.9 Å². The molecule has 1 N–H and O–H groups in total. The average Bonchev–Trinajstić information content (AvgIpc) is 2.50. The summed E-state index contributed by atoms with van der Waals surface area (Å²) in [5, 5.41) is 7.81. The van der Waals surface area contributed by atoms with E-state index in [1.165, 1.54) is 0 Å². The topological polar surface area (TPSA) is 41.0 Å². The van der Waals surface area contributed by atoms with Gasteiger partial charge in [0.25, 0.3) is 0 Å². The molecule has 0 atom stereocenters. The fraction of sp³-hybridized carbons (Fsp3) is 0. The number of rotatable bonds is 1. The third-order valence-electron chi connectivity index (χ3n) is 1.61. The Bertz CT molecular complexity index is 389. The van der Waals surface area contributed by atoms with Crippen LogP contribution in [0.3, 0.4) is 0 Å². The normalized spacial score (nSPS) is 10.2. The number of fused-ring (bicyclic) bond motifs is 1. The van der Waals surface area contributed by atoms with Gasteiger partial charge >= 0.3 is 0 Å². The molecule has 1 aromatic carbocycles. The summed E-state index contributed by atoms with van der Waals surface area (Å²) in [4.78, 5) is 3.81. The highest BCUT2D eigenvalue weighted by atomic mass is 15.1. The second-order valence-corrected chi connectivity index (χ2v) is 2.30. The third kappa shape index (κ3) is 0.902. The van der Waals surface area contributed by atoms with Crippen molar-refractivity contribution in [2.75, 3.05) is 0 Å². The van der Waals surface area contributed by atoms with Gasteiger partial charge in [0, 0.05) is 5.39 Å². The lowest BCUT2D eigenvalue weighted by molar-refractivity contribution is 1.12. The van der Waals surface area contributed by atoms with Gasteiger partial charge in [0.1, 0.15) is 0 Å². The van der Waals surface area contributed by atoms with Crippen molar-refractivity contribution < 1.29 is 0 Å². The van der Waals surface area contributed by atoms with E-state index in [0.717, 1.165) is 16.6 Å². The SMILES string of the molecule is C=Nc1ccc2[nH]ncc2c1. The molecule has 0 aliphatic rings. The Morgan fingerprint density at radius 2 is 2.36 bits per heavy atom. The van der Waals surface area contributed by atoms with E-state index in [4.69, 9.17) is 0 Å². The highest BCUT2D eigenvalue weighted by Crippen LogP contribution is 2.17. The minimum Gasteiger partial charge on any atom is -0.278 e. The maximum atomic E-state index is 3.89. The molecule has 0 radical (unpaired) electrons. The van der Waals surface area contributed by atoms with E-state index in [1.807, 2.05) is 18.2 Å². The van der Waals surface area contributed by atoms with Crippen LogP contribution in [0.15, 0.2) is 29.4 Å². The number of aromatic amines is 1. The molecular weight excluding hydrogens is 138 g/mol. The van der Waals surface area contributed by atoms with Gasteiger partial charge in [-0.1, -0.05) is 0 Å². The lowest BCUT2D eigenvalue weighted by Gasteiger charge is -1.90. The Morgan fingerprint density at radius 1 is 1.45 bits per heavy atom. The van der Waals surface area contributed by atoms with Crippen LogP contribution in [0.1, 0.15) is 0 Å². The van der Waals surface area contributed by atoms with Crippen molar-refractivity contribution in [3.05, 3.63) is 24.4 Å². The Labute approximate surface area is 63.8 Å². The molecule has 0 saturated carbocycles. The van der Waals surface area contributed by atoms with Crippen molar-refractivity contribution in [1.29, 1.82) is 0 Å². The summed E-state index contributed by atoms with van der Waals surface area (Å²) in [5.74, 6) is 0. The number of aromatic nitrogens is 2. The van der Waals surface area contributed by atoms with Crippen molar-refractivity contribution in [3.63, 3.8) is 0 Å². The third-order valence-corrected chi connectivity index (χ3v) is 1.61. The Kier molecular flexibility index (Phi) is 1.22. The van der Waals surface area contributed by atoms with Crippen LogP contribution in [-0.4, -0.2) is 16.9 Å². The summed E-state index contributed by atoms with van der Waals surface area (Å²) in [7, 11) is 0. The van der Waals surface area contributed by atoms with Crippen LogP contribution in [0.25, 0.3) is 10.9 Å². The van der Waals surface area contributed by atoms with Gasteiger partial charge in [-0.3, -0.25) is 10.1 Å². The average molecular weight is 145 g/mol. The van der Waals surface area contributed by atoms with Crippen LogP contribution in [0.4, 0.5) is 5.69 Å². The first kappa shape index (κ1) is 6.09. The summed E-state index contributed by atoms with van der Waals surface area (Å²) in [5.41, 5.74) is 1.90. The van der Waals surface area contributed by atoms with E-state index < -0.39 is 0 Å². The number of H-pyrrole nitrogens is 1. The fourth-order valence-corrected chi connectivity index (χ4v) is 1.03. The first-order valence-electron chi connectivity index (χ1n) is 3.30. The maximum absolute atomic E-state index is 3.89. The number of nitrogens with zero attached hydrogens (tertiary/aromatic N) is 2. The van der Waals surface area contributed by atoms with Crippen LogP contribution in [-0.2, 0) is 0 Å². The predicted octanol–water partition coefficient (Wildman–Crippen LogP) is 1.89. The quantitative estimate of drug-likeness (QED) is 0.611. The Balaban J connectivity index is 2.76. The summed E-state index contributed by atoms with van der Waals surface area (Å²) < 4.78 is 0. The first-order chi connectivity index (χ1) is 5.40. The van der Waals surface area contributed by atoms with Gasteiger partial charge in [0.05, 0.1) is 17.4 Å². The minimum atomic E-state index is 0.874. The molecule has 0 aliphatic carbocycles. The van der Waals surface area contributed by atoms with Crippen molar-refractivity contribution in [1.82, 2.24) is 10.2 Å². The molecule has 0 aliphatic heterocycles. The van der Waals surface area contributed by atoms with Crippen molar-refractivity contribution in [2.45, 2.75) is 0 Å². The number of benzene rings is 1. The molecule has 2 rings (SSSR count). The zero-order valence-electron chi connectivity index (χ0n) is 5.91. The van der Waals surface area contributed by atoms with Crippen LogP contribution in [0.2, 0.25) is 0 Å². The molecule has 0 fully saturated rings. The van der Waals surface area contributed by atoms with Gasteiger partial charge < -0.3 is 0 Å². The number of hydrogen-bond acceptors (Lipinski definition) is 2. The zero-order chi connectivity index (χ0) is 7.68. The molecule has 1 heterocycles. The molecule has 3 heteroatoms. The molecule has 0 bridgehead atoms. The number of hydrogen-bond donors (Lipinski definition) is 1. The Hall–Kier alpha value is -1.64. The standard InChI is InChI=1S/C8H7N3/c1-9-7-2-3-8-6(4-7)5-10-11-8/h2-5H,1H2,(H,10,11). The lowest BCUT2D eigenvalue weighted by Crippen LogP contribution is -1.66. The molecule has 11 heavy (non-hydrogen) atoms. The second-order valence-electron chi connectivity index (χ2n) is 2.30. The van der Waals surface area contributed by atoms with E-state index in [9.17, 15) is 0 Å². The molecule has 2 aromatic rings. The lowest BCUT2D eigenvalue weighted by atomic mass is 10.2. The van der Waals surface area contributed by atoms with Crippen molar-refractivity contribution in [2.24, 2.45) is 4.99 Å². The highest BCUT2D eigenvalue weighted by molar-refractivity contribution is 5.81. The monoisotopic (exact) mass is 145 g/mol. The van der Waals surface area contributed by atoms with Crippen molar-refractivity contribution >= 4 is 23.3 Å². The smallest absolute Gasteiger partial charge is 0.0651 e. The summed E-state index contributed by atoms with van der Waals surface area (Å²) in [6.45, 7) is 3.44. The molecule has 0 saturated heterocycles. The molecule has 3 nitrogen and oxygen atoms in total. The highest BCUT2D eigenvalue weighted by Gasteiger charge is 1.94. The van der Waals surface area contributed by atoms with Crippen LogP contribution < -0.4 is 0 Å². The van der Waals surface area contributed by atoms with E-state index in [-0.39, 0.29) is 0 Å². The largest absolute Gasteiger partial charge is 0.278 e. The summed E-state index contributed by atoms with van der Waals surface area (Å²) in [6.07, 6.45) is 1.77. The Morgan fingerprint density at radius 3 is 3.18 bits per heavy atom. The van der Waals surface area contributed by atoms with E-state index in [1.54, 1.807) is 6.20 Å². The van der Waals surface area contributed by atoms with Gasteiger partial charge in [-0.25, -0.2) is 0 Å². The maximum Gasteiger partial charge on any atom is 0.0651 e. The van der Waals surface area contributed by atoms with Gasteiger partial charge in [0.15, 0.2) is 0 Å². The summed E-state index contributed by atoms with van der Waals surface area (Å²) in [6, 6.07) is 5.77. The first-order valence-corrected chi connectivity index (χ1v) is 3.30. The van der Waals surface area contributed by atoms with E-state index >= 15 is 0 Å². The molecular formula is C8H7N3. The number of aliphatic imine (C=N–C) groups is 1. The van der Waals surface area contributed by atoms with Crippen LogP contribution in [0.5, 0.6) is 0 Å². The second kappa shape index (κ2) is 2.20. The molecule has 0 unspecified atom stereocenters. The van der Waals surface area contributed by atoms with Gasteiger partial charge in [-0.2, -0.15) is 5.10 Å². The molecule has 1 aromatic heterocycles. The van der Waals surface area contributed by atoms with E-state index in [2.05, 4.69) is 21.9 Å². The van der Waals surface area contributed by atoms with Gasteiger partial charge in [-0.15, -0.1) is 0 Å². The summed E-state index contributed by atoms with van der Waals surface area (Å²) >= 11 is 0. The molecule has 0 amide bonds.